The van der Waals surface area contributed by atoms with Gasteiger partial charge >= 0.3 is 0 Å². The minimum absolute atomic E-state index is 0.729. The Morgan fingerprint density at radius 2 is 2.12 bits per heavy atom. The fourth-order valence-corrected chi connectivity index (χ4v) is 3.64. The maximum Gasteiger partial charge on any atom is 0.120 e. The van der Waals surface area contributed by atoms with Gasteiger partial charge in [0.15, 0.2) is 0 Å². The molecule has 0 fully saturated rings. The Morgan fingerprint density at radius 1 is 1.25 bits per heavy atom. The smallest absolute Gasteiger partial charge is 0.120 e. The van der Waals surface area contributed by atoms with E-state index in [-0.39, 0.29) is 0 Å². The molecule has 4 nitrogen and oxygen atoms in total. The van der Waals surface area contributed by atoms with Crippen LogP contribution in [0.3, 0.4) is 0 Å². The third-order valence-corrected chi connectivity index (χ3v) is 4.79. The van der Waals surface area contributed by atoms with Crippen LogP contribution >= 0.6 is 0 Å². The number of aryl methyl sites for hydroxylation is 1. The van der Waals surface area contributed by atoms with Crippen LogP contribution < -0.4 is 10.1 Å². The van der Waals surface area contributed by atoms with Crippen LogP contribution in [0.2, 0.25) is 0 Å². The van der Waals surface area contributed by atoms with Gasteiger partial charge in [0.25, 0.3) is 0 Å². The normalized spacial score (nSPS) is 12.7. The minimum Gasteiger partial charge on any atom is -0.497 e. The maximum absolute atomic E-state index is 9.80. The lowest BCUT2D eigenvalue weighted by molar-refractivity contribution is 0.415. The highest BCUT2D eigenvalue weighted by Crippen LogP contribution is 2.37. The average Bonchev–Trinajstić information content (AvgIpc) is 3.21. The van der Waals surface area contributed by atoms with Gasteiger partial charge in [0.2, 0.25) is 0 Å². The van der Waals surface area contributed by atoms with Crippen LogP contribution in [0.5, 0.6) is 5.75 Å². The summed E-state index contributed by atoms with van der Waals surface area (Å²) in [5.74, 6) is 0.807. The monoisotopic (exact) mass is 317 g/mol. The quantitative estimate of drug-likeness (QED) is 0.788. The number of nitriles is 1. The molecule has 0 atom stereocenters. The predicted molar refractivity (Wildman–Crippen MR) is 96.5 cm³/mol. The second-order valence-corrected chi connectivity index (χ2v) is 6.01. The Labute approximate surface area is 141 Å². The molecule has 0 unspecified atom stereocenters. The standard InChI is InChI=1S/C20H19N3O/c1-3-23-19-11-15(24-2)6-7-16(19)17(12-21)20(23)14-5-4-13-8-9-22-18(13)10-14/h4-7,10-11,22H,3,8-9H2,1-2H3. The van der Waals surface area contributed by atoms with Crippen molar-refractivity contribution >= 4 is 16.6 Å². The van der Waals surface area contributed by atoms with Gasteiger partial charge in [0.1, 0.15) is 11.8 Å². The van der Waals surface area contributed by atoms with Crippen molar-refractivity contribution < 1.29 is 4.74 Å². The Balaban J connectivity index is 2.02. The first-order valence-electron chi connectivity index (χ1n) is 8.24. The Kier molecular flexibility index (Phi) is 3.42. The number of methoxy groups -OCH3 is 1. The SMILES string of the molecule is CCn1c(-c2ccc3c(c2)NCC3)c(C#N)c2ccc(OC)cc21. The molecule has 0 radical (unpaired) electrons. The van der Waals surface area contributed by atoms with E-state index in [0.29, 0.717) is 0 Å². The van der Waals surface area contributed by atoms with Crippen molar-refractivity contribution in [1.82, 2.24) is 4.57 Å². The van der Waals surface area contributed by atoms with Crippen molar-refractivity contribution in [2.75, 3.05) is 19.0 Å². The van der Waals surface area contributed by atoms with Crippen molar-refractivity contribution in [3.63, 3.8) is 0 Å². The maximum atomic E-state index is 9.80. The third-order valence-electron chi connectivity index (χ3n) is 4.79. The molecule has 0 spiro atoms. The van der Waals surface area contributed by atoms with E-state index in [1.54, 1.807) is 7.11 Å². The van der Waals surface area contributed by atoms with Crippen molar-refractivity contribution in [2.45, 2.75) is 19.9 Å². The molecule has 1 aliphatic rings. The highest BCUT2D eigenvalue weighted by Gasteiger charge is 2.20. The third kappa shape index (κ3) is 2.05. The van der Waals surface area contributed by atoms with E-state index in [4.69, 9.17) is 4.74 Å². The zero-order chi connectivity index (χ0) is 16.7. The summed E-state index contributed by atoms with van der Waals surface area (Å²) in [5, 5.41) is 14.2. The van der Waals surface area contributed by atoms with Crippen LogP contribution in [-0.2, 0) is 13.0 Å². The van der Waals surface area contributed by atoms with Gasteiger partial charge in [-0.25, -0.2) is 0 Å². The molecule has 0 saturated heterocycles. The lowest BCUT2D eigenvalue weighted by Gasteiger charge is -2.10. The largest absolute Gasteiger partial charge is 0.497 e. The molecule has 4 heteroatoms. The van der Waals surface area contributed by atoms with E-state index in [0.717, 1.165) is 53.0 Å². The van der Waals surface area contributed by atoms with Gasteiger partial charge in [-0.2, -0.15) is 5.26 Å². The molecule has 0 bridgehead atoms. The van der Waals surface area contributed by atoms with Gasteiger partial charge in [-0.1, -0.05) is 12.1 Å². The van der Waals surface area contributed by atoms with Crippen LogP contribution in [0.15, 0.2) is 36.4 Å². The molecular weight excluding hydrogens is 298 g/mol. The number of benzene rings is 2. The number of ether oxygens (including phenoxy) is 1. The van der Waals surface area contributed by atoms with E-state index in [2.05, 4.69) is 41.1 Å². The molecular formula is C20H19N3O. The molecule has 3 aromatic rings. The zero-order valence-electron chi connectivity index (χ0n) is 13.9. The summed E-state index contributed by atoms with van der Waals surface area (Å²) in [6.45, 7) is 3.89. The van der Waals surface area contributed by atoms with Crippen LogP contribution in [0, 0.1) is 11.3 Å². The zero-order valence-corrected chi connectivity index (χ0v) is 13.9. The summed E-state index contributed by atoms with van der Waals surface area (Å²) in [6, 6.07) is 14.8. The first-order chi connectivity index (χ1) is 11.8. The summed E-state index contributed by atoms with van der Waals surface area (Å²) >= 11 is 0. The van der Waals surface area contributed by atoms with Crippen molar-refractivity contribution in [3.8, 4) is 23.1 Å². The number of hydrogen-bond acceptors (Lipinski definition) is 3. The number of aromatic nitrogens is 1. The lowest BCUT2D eigenvalue weighted by Crippen LogP contribution is -1.98. The fourth-order valence-electron chi connectivity index (χ4n) is 3.64. The average molecular weight is 317 g/mol. The fraction of sp³-hybridized carbons (Fsp3) is 0.250. The second kappa shape index (κ2) is 5.61. The molecule has 2 aromatic carbocycles. The van der Waals surface area contributed by atoms with Crippen molar-refractivity contribution in [3.05, 3.63) is 47.5 Å². The first-order valence-corrected chi connectivity index (χ1v) is 8.24. The highest BCUT2D eigenvalue weighted by molar-refractivity contribution is 5.95. The van der Waals surface area contributed by atoms with Crippen molar-refractivity contribution in [2.24, 2.45) is 0 Å². The lowest BCUT2D eigenvalue weighted by atomic mass is 10.0. The molecule has 2 heterocycles. The van der Waals surface area contributed by atoms with E-state index in [1.807, 2.05) is 18.2 Å². The summed E-state index contributed by atoms with van der Waals surface area (Å²) in [7, 11) is 1.67. The van der Waals surface area contributed by atoms with Gasteiger partial charge in [-0.15, -0.1) is 0 Å². The number of nitrogens with one attached hydrogen (secondary N) is 1. The number of fused-ring (bicyclic) bond motifs is 2. The molecule has 120 valence electrons. The van der Waals surface area contributed by atoms with Gasteiger partial charge < -0.3 is 14.6 Å². The van der Waals surface area contributed by atoms with Gasteiger partial charge in [0.05, 0.1) is 23.9 Å². The Hall–Kier alpha value is -2.93. The molecule has 0 saturated carbocycles. The summed E-state index contributed by atoms with van der Waals surface area (Å²) in [6.07, 6.45) is 1.06. The van der Waals surface area contributed by atoms with E-state index >= 15 is 0 Å². The molecule has 4 rings (SSSR count). The van der Waals surface area contributed by atoms with E-state index in [1.165, 1.54) is 11.3 Å². The Bertz CT molecular complexity index is 979. The number of nitrogens with zero attached hydrogens (tertiary/aromatic N) is 2. The summed E-state index contributed by atoms with van der Waals surface area (Å²) in [5.41, 5.74) is 6.36. The molecule has 1 N–H and O–H groups in total. The number of rotatable bonds is 3. The van der Waals surface area contributed by atoms with E-state index in [9.17, 15) is 5.26 Å². The van der Waals surface area contributed by atoms with Gasteiger partial charge in [0, 0.05) is 35.8 Å². The highest BCUT2D eigenvalue weighted by atomic mass is 16.5. The number of hydrogen-bond donors (Lipinski definition) is 1. The van der Waals surface area contributed by atoms with Gasteiger partial charge in [-0.3, -0.25) is 0 Å². The van der Waals surface area contributed by atoms with Crippen molar-refractivity contribution in [1.29, 1.82) is 5.26 Å². The van der Waals surface area contributed by atoms with Crippen LogP contribution in [-0.4, -0.2) is 18.2 Å². The first kappa shape index (κ1) is 14.6. The summed E-state index contributed by atoms with van der Waals surface area (Å²) in [4.78, 5) is 0. The molecule has 0 amide bonds. The molecule has 0 aliphatic carbocycles. The van der Waals surface area contributed by atoms with Crippen LogP contribution in [0.4, 0.5) is 5.69 Å². The van der Waals surface area contributed by atoms with Crippen LogP contribution in [0.1, 0.15) is 18.1 Å². The Morgan fingerprint density at radius 3 is 2.88 bits per heavy atom. The minimum atomic E-state index is 0.729. The molecule has 1 aromatic heterocycles. The predicted octanol–water partition coefficient (Wildman–Crippen LogP) is 4.18. The second-order valence-electron chi connectivity index (χ2n) is 6.01. The topological polar surface area (TPSA) is 50.0 Å². The van der Waals surface area contributed by atoms with E-state index < -0.39 is 0 Å². The van der Waals surface area contributed by atoms with Crippen LogP contribution in [0.25, 0.3) is 22.2 Å². The molecule has 24 heavy (non-hydrogen) atoms. The summed E-state index contributed by atoms with van der Waals surface area (Å²) < 4.78 is 7.57. The molecule has 1 aliphatic heterocycles. The van der Waals surface area contributed by atoms with Gasteiger partial charge in [-0.05, 0) is 37.1 Å². The number of anilines is 1.